The highest BCUT2D eigenvalue weighted by Crippen LogP contribution is 2.04. The predicted molar refractivity (Wildman–Crippen MR) is 37.1 cm³/mol. The van der Waals surface area contributed by atoms with Crippen LogP contribution >= 0.6 is 0 Å². The Morgan fingerprint density at radius 2 is 2.00 bits per heavy atom. The molecule has 1 aliphatic rings. The zero-order valence-corrected chi connectivity index (χ0v) is 6.32. The van der Waals surface area contributed by atoms with E-state index in [-0.39, 0.29) is 0 Å². The van der Waals surface area contributed by atoms with Gasteiger partial charge in [0.25, 0.3) is 0 Å². The van der Waals surface area contributed by atoms with Gasteiger partial charge in [0, 0.05) is 18.8 Å². The van der Waals surface area contributed by atoms with Gasteiger partial charge in [0.15, 0.2) is 0 Å². The minimum Gasteiger partial charge on any atom is -0.357 e. The lowest BCUT2D eigenvalue weighted by Gasteiger charge is -2.23. The van der Waals surface area contributed by atoms with E-state index in [0.717, 1.165) is 12.5 Å². The molecule has 0 amide bonds. The van der Waals surface area contributed by atoms with Crippen LogP contribution in [0.5, 0.6) is 0 Å². The molecule has 1 saturated heterocycles. The summed E-state index contributed by atoms with van der Waals surface area (Å²) in [6.45, 7) is 3.87. The molecule has 1 aliphatic heterocycles. The van der Waals surface area contributed by atoms with Gasteiger partial charge in [-0.2, -0.15) is 0 Å². The molecule has 1 fully saturated rings. The van der Waals surface area contributed by atoms with E-state index in [0.29, 0.717) is 0 Å². The number of piperidine rings is 1. The average molecular weight is 130 g/mol. The van der Waals surface area contributed by atoms with Crippen LogP contribution in [0.1, 0.15) is 12.8 Å². The van der Waals surface area contributed by atoms with Gasteiger partial charge >= 0.3 is 0 Å². The van der Waals surface area contributed by atoms with E-state index in [2.05, 4.69) is 12.8 Å². The molecule has 0 unspecified atom stereocenters. The molecule has 0 radical (unpaired) electrons. The van der Waals surface area contributed by atoms with Crippen molar-refractivity contribution in [2.45, 2.75) is 12.8 Å². The number of nitrogens with one attached hydrogen (secondary N) is 1. The molecule has 0 aromatic carbocycles. The van der Waals surface area contributed by atoms with Gasteiger partial charge in [0.05, 0.1) is 26.7 Å². The Morgan fingerprint density at radius 1 is 1.44 bits per heavy atom. The predicted octanol–water partition coefficient (Wildman–Crippen LogP) is -1.85. The summed E-state index contributed by atoms with van der Waals surface area (Å²) in [7, 11) is 2.28. The van der Waals surface area contributed by atoms with Gasteiger partial charge in [-0.3, -0.25) is 0 Å². The Hall–Kier alpha value is -0.0800. The van der Waals surface area contributed by atoms with Crippen molar-refractivity contribution in [2.24, 2.45) is 5.92 Å². The van der Waals surface area contributed by atoms with Gasteiger partial charge in [0.2, 0.25) is 0 Å². The first-order valence-electron chi connectivity index (χ1n) is 3.93. The highest BCUT2D eigenvalue weighted by atomic mass is 15.1. The van der Waals surface area contributed by atoms with E-state index < -0.39 is 0 Å². The largest absolute Gasteiger partial charge is 0.357 e. The van der Waals surface area contributed by atoms with Crippen LogP contribution in [0.25, 0.3) is 0 Å². The average Bonchev–Trinajstić information content (AvgIpc) is 1.90. The fourth-order valence-corrected chi connectivity index (χ4v) is 1.46. The Labute approximate surface area is 57.0 Å². The molecule has 1 rings (SSSR count). The van der Waals surface area contributed by atoms with Crippen LogP contribution in [0.4, 0.5) is 0 Å². The van der Waals surface area contributed by atoms with Gasteiger partial charge in [-0.1, -0.05) is 0 Å². The first kappa shape index (κ1) is 7.03. The molecule has 0 atom stereocenters. The first-order chi connectivity index (χ1) is 4.33. The number of quaternary nitrogens is 2. The quantitative estimate of drug-likeness (QED) is 0.418. The molecule has 0 aromatic heterocycles. The molecule has 4 N–H and O–H groups in total. The topological polar surface area (TPSA) is 32.1 Å². The Morgan fingerprint density at radius 3 is 2.44 bits per heavy atom. The SMILES string of the molecule is C[NH+]1CCC(C[NH3+])CC1. The number of rotatable bonds is 1. The van der Waals surface area contributed by atoms with Gasteiger partial charge in [-0.05, 0) is 0 Å². The maximum atomic E-state index is 3.93. The van der Waals surface area contributed by atoms with Crippen molar-refractivity contribution in [1.82, 2.24) is 0 Å². The van der Waals surface area contributed by atoms with Crippen molar-refractivity contribution in [2.75, 3.05) is 26.7 Å². The summed E-state index contributed by atoms with van der Waals surface area (Å²) >= 11 is 0. The van der Waals surface area contributed by atoms with Crippen molar-refractivity contribution < 1.29 is 10.6 Å². The highest BCUT2D eigenvalue weighted by molar-refractivity contribution is 4.58. The van der Waals surface area contributed by atoms with Crippen LogP contribution in [0, 0.1) is 5.92 Å². The van der Waals surface area contributed by atoms with E-state index in [1.165, 1.54) is 25.9 Å². The summed E-state index contributed by atoms with van der Waals surface area (Å²) in [5.74, 6) is 0.939. The van der Waals surface area contributed by atoms with Crippen molar-refractivity contribution in [1.29, 1.82) is 0 Å². The summed E-state index contributed by atoms with van der Waals surface area (Å²) in [5.41, 5.74) is 3.93. The summed E-state index contributed by atoms with van der Waals surface area (Å²) < 4.78 is 0. The highest BCUT2D eigenvalue weighted by Gasteiger charge is 2.18. The van der Waals surface area contributed by atoms with Gasteiger partial charge in [-0.15, -0.1) is 0 Å². The second-order valence-electron chi connectivity index (χ2n) is 3.19. The van der Waals surface area contributed by atoms with Crippen LogP contribution in [-0.4, -0.2) is 26.7 Å². The minimum atomic E-state index is 0.939. The maximum Gasteiger partial charge on any atom is 0.0773 e. The van der Waals surface area contributed by atoms with E-state index in [1.54, 1.807) is 4.90 Å². The molecular weight excluding hydrogens is 112 g/mol. The standard InChI is InChI=1S/C7H16N2/c1-9-4-2-7(6-8)3-5-9/h7H,2-6,8H2,1H3/p+2. The molecule has 0 aromatic rings. The maximum absolute atomic E-state index is 3.93. The van der Waals surface area contributed by atoms with Crippen LogP contribution in [0.15, 0.2) is 0 Å². The fourth-order valence-electron chi connectivity index (χ4n) is 1.46. The van der Waals surface area contributed by atoms with Gasteiger partial charge in [0.1, 0.15) is 0 Å². The zero-order valence-electron chi connectivity index (χ0n) is 6.32. The first-order valence-corrected chi connectivity index (χ1v) is 3.93. The van der Waals surface area contributed by atoms with E-state index in [1.807, 2.05) is 0 Å². The second-order valence-corrected chi connectivity index (χ2v) is 3.19. The molecular formula is C7H18N2+2. The smallest absolute Gasteiger partial charge is 0.0773 e. The Bertz CT molecular complexity index is 75.0. The fraction of sp³-hybridized carbons (Fsp3) is 1.00. The molecule has 2 nitrogen and oxygen atoms in total. The summed E-state index contributed by atoms with van der Waals surface area (Å²) in [5, 5.41) is 0. The van der Waals surface area contributed by atoms with E-state index in [9.17, 15) is 0 Å². The van der Waals surface area contributed by atoms with Crippen LogP contribution in [0.2, 0.25) is 0 Å². The van der Waals surface area contributed by atoms with Gasteiger partial charge in [-0.25, -0.2) is 0 Å². The summed E-state index contributed by atoms with van der Waals surface area (Å²) in [6.07, 6.45) is 2.80. The van der Waals surface area contributed by atoms with Crippen LogP contribution in [0.3, 0.4) is 0 Å². The van der Waals surface area contributed by atoms with Crippen molar-refractivity contribution in [3.05, 3.63) is 0 Å². The lowest BCUT2D eigenvalue weighted by Crippen LogP contribution is -3.10. The summed E-state index contributed by atoms with van der Waals surface area (Å²) in [6, 6.07) is 0. The normalized spacial score (nSPS) is 36.7. The number of hydrogen-bond acceptors (Lipinski definition) is 0. The molecule has 0 aliphatic carbocycles. The summed E-state index contributed by atoms with van der Waals surface area (Å²) in [4.78, 5) is 1.69. The molecule has 0 saturated carbocycles. The minimum absolute atomic E-state index is 0.939. The Kier molecular flexibility index (Phi) is 2.49. The third-order valence-electron chi connectivity index (χ3n) is 2.37. The van der Waals surface area contributed by atoms with Crippen LogP contribution in [-0.2, 0) is 0 Å². The number of hydrogen-bond donors (Lipinski definition) is 2. The molecule has 2 heteroatoms. The third kappa shape index (κ3) is 1.95. The van der Waals surface area contributed by atoms with Crippen LogP contribution < -0.4 is 10.6 Å². The monoisotopic (exact) mass is 130 g/mol. The van der Waals surface area contributed by atoms with E-state index in [4.69, 9.17) is 0 Å². The number of likely N-dealkylation sites (tertiary alicyclic amines) is 1. The Balaban J connectivity index is 2.18. The molecule has 0 spiro atoms. The van der Waals surface area contributed by atoms with Crippen molar-refractivity contribution >= 4 is 0 Å². The van der Waals surface area contributed by atoms with Gasteiger partial charge < -0.3 is 10.6 Å². The van der Waals surface area contributed by atoms with Crippen molar-refractivity contribution in [3.8, 4) is 0 Å². The lowest BCUT2D eigenvalue weighted by molar-refractivity contribution is -0.886. The van der Waals surface area contributed by atoms with Crippen molar-refractivity contribution in [3.63, 3.8) is 0 Å². The molecule has 0 bridgehead atoms. The second kappa shape index (κ2) is 3.18. The third-order valence-corrected chi connectivity index (χ3v) is 2.37. The van der Waals surface area contributed by atoms with E-state index >= 15 is 0 Å². The zero-order chi connectivity index (χ0) is 6.69. The molecule has 1 heterocycles. The molecule has 9 heavy (non-hydrogen) atoms. The molecule has 54 valence electrons. The lowest BCUT2D eigenvalue weighted by atomic mass is 9.98.